The molecule has 37 heavy (non-hydrogen) atoms. The van der Waals surface area contributed by atoms with Gasteiger partial charge in [0, 0.05) is 18.5 Å². The fourth-order valence-electron chi connectivity index (χ4n) is 3.92. The molecule has 5 unspecified atom stereocenters. The van der Waals surface area contributed by atoms with E-state index in [1.807, 2.05) is 37.3 Å². The highest BCUT2D eigenvalue weighted by molar-refractivity contribution is 7.54. The Hall–Kier alpha value is -2.41. The predicted molar refractivity (Wildman–Crippen MR) is 132 cm³/mol. The smallest absolute Gasteiger partial charge is 0.337 e. The molecular formula is C22H25N3O10P2. The van der Waals surface area contributed by atoms with Crippen LogP contribution in [0.25, 0.3) is 11.1 Å². The van der Waals surface area contributed by atoms with Crippen LogP contribution in [0.2, 0.25) is 0 Å². The molecule has 1 saturated heterocycles. The first-order valence-corrected chi connectivity index (χ1v) is 13.3. The molecule has 5 atom stereocenters. The Morgan fingerprint density at radius 2 is 1.81 bits per heavy atom. The fourth-order valence-corrected chi connectivity index (χ4v) is 4.88. The third-order valence-electron chi connectivity index (χ3n) is 5.69. The summed E-state index contributed by atoms with van der Waals surface area (Å²) < 4.78 is 16.7. The van der Waals surface area contributed by atoms with Crippen LogP contribution in [-0.4, -0.2) is 63.9 Å². The van der Waals surface area contributed by atoms with Crippen molar-refractivity contribution in [3.05, 3.63) is 87.0 Å². The zero-order valence-electron chi connectivity index (χ0n) is 19.4. The lowest BCUT2D eigenvalue weighted by atomic mass is 10.0. The number of ether oxygens (including phenoxy) is 1. The minimum absolute atomic E-state index is 0.145. The molecule has 1 fully saturated rings. The van der Waals surface area contributed by atoms with E-state index >= 15 is 0 Å². The van der Waals surface area contributed by atoms with Gasteiger partial charge in [-0.1, -0.05) is 29.8 Å². The topological polar surface area (TPSA) is 186 Å². The summed E-state index contributed by atoms with van der Waals surface area (Å²) in [6, 6.07) is 12.6. The van der Waals surface area contributed by atoms with Gasteiger partial charge >= 0.3 is 22.9 Å². The maximum absolute atomic E-state index is 13.2. The van der Waals surface area contributed by atoms with E-state index in [0.29, 0.717) is 5.69 Å². The van der Waals surface area contributed by atoms with Gasteiger partial charge in [0.05, 0.1) is 18.8 Å². The van der Waals surface area contributed by atoms with Crippen molar-refractivity contribution in [1.29, 1.82) is 0 Å². The van der Waals surface area contributed by atoms with E-state index in [0.717, 1.165) is 38.1 Å². The second kappa shape index (κ2) is 12.0. The molecule has 1 aromatic carbocycles. The maximum atomic E-state index is 13.2. The molecule has 0 bridgehead atoms. The summed E-state index contributed by atoms with van der Waals surface area (Å²) in [5.41, 5.74) is 1.96. The molecule has 0 aliphatic carbocycles. The monoisotopic (exact) mass is 553 g/mol. The van der Waals surface area contributed by atoms with Gasteiger partial charge in [0.1, 0.15) is 18.3 Å². The highest BCUT2D eigenvalue weighted by atomic mass is 31.2. The molecule has 0 spiro atoms. The molecular weight excluding hydrogens is 528 g/mol. The first-order valence-electron chi connectivity index (χ1n) is 11.0. The molecule has 2 aromatic heterocycles. The van der Waals surface area contributed by atoms with Gasteiger partial charge < -0.3 is 34.2 Å². The highest BCUT2D eigenvalue weighted by Crippen LogP contribution is 2.46. The lowest BCUT2D eigenvalue weighted by molar-refractivity contribution is -0.0530. The van der Waals surface area contributed by atoms with Crippen molar-refractivity contribution in [2.45, 2.75) is 38.0 Å². The molecule has 1 aliphatic heterocycles. The van der Waals surface area contributed by atoms with E-state index < -0.39 is 59.6 Å². The largest absolute Gasteiger partial charge is 0.387 e. The quantitative estimate of drug-likeness (QED) is 0.233. The molecule has 198 valence electrons. The number of aliphatic hydroxyl groups excluding tert-OH is 2. The number of pyridine rings is 1. The van der Waals surface area contributed by atoms with Gasteiger partial charge in [-0.2, -0.15) is 0 Å². The van der Waals surface area contributed by atoms with Crippen molar-refractivity contribution in [3.63, 3.8) is 0 Å². The zero-order chi connectivity index (χ0) is 26.7. The number of nitrogens with zero attached hydrogens (tertiary/aromatic N) is 3. The summed E-state index contributed by atoms with van der Waals surface area (Å²) in [4.78, 5) is 57.0. The maximum Gasteiger partial charge on any atom is 0.337 e. The summed E-state index contributed by atoms with van der Waals surface area (Å²) in [7, 11) is -5.53. The number of hydrogen-bond donors (Lipinski definition) is 5. The average molecular weight is 553 g/mol. The Balaban J connectivity index is 1.55. The number of benzene rings is 1. The molecule has 4 rings (SSSR count). The van der Waals surface area contributed by atoms with Crippen molar-refractivity contribution < 1.29 is 38.5 Å². The molecule has 3 heterocycles. The van der Waals surface area contributed by atoms with Crippen LogP contribution in [0.4, 0.5) is 0 Å². The van der Waals surface area contributed by atoms with Gasteiger partial charge in [0.25, 0.3) is 5.56 Å². The van der Waals surface area contributed by atoms with Crippen LogP contribution in [-0.2, 0) is 20.1 Å². The van der Waals surface area contributed by atoms with Crippen LogP contribution in [0.1, 0.15) is 17.5 Å². The molecule has 5 N–H and O–H groups in total. The van der Waals surface area contributed by atoms with Crippen molar-refractivity contribution in [2.75, 3.05) is 6.61 Å². The van der Waals surface area contributed by atoms with Crippen molar-refractivity contribution in [2.24, 2.45) is 0 Å². The van der Waals surface area contributed by atoms with E-state index in [1.165, 1.54) is 0 Å². The molecule has 0 radical (unpaired) electrons. The Bertz CT molecular complexity index is 1350. The van der Waals surface area contributed by atoms with Gasteiger partial charge in [0.15, 0.2) is 6.23 Å². The van der Waals surface area contributed by atoms with E-state index in [1.54, 1.807) is 12.3 Å². The number of rotatable bonds is 9. The Morgan fingerprint density at radius 3 is 2.54 bits per heavy atom. The standard InChI is InChI=1S/C22H25N3O10P2/c1-13-3-2-4-14(9-13)15-5-7-23-16(10-15)11-25-18(26)6-8-24(22(25)29)21-20(28)19(27)17(34-21)12-33-37(32)35-36(30)31/h2-10,17,19-21,27-28,30-32H,11-12H2,1H3. The fraction of sp³-hybridized carbons (Fsp3) is 0.318. The summed E-state index contributed by atoms with van der Waals surface area (Å²) in [6.07, 6.45) is -2.91. The second-order valence-electron chi connectivity index (χ2n) is 8.25. The predicted octanol–water partition coefficient (Wildman–Crippen LogP) is 0.512. The third-order valence-corrected chi connectivity index (χ3v) is 7.20. The van der Waals surface area contributed by atoms with Crippen LogP contribution in [0, 0.1) is 6.92 Å². The van der Waals surface area contributed by atoms with Crippen molar-refractivity contribution in [1.82, 2.24) is 14.1 Å². The van der Waals surface area contributed by atoms with Crippen LogP contribution in [0.15, 0.2) is 64.4 Å². The summed E-state index contributed by atoms with van der Waals surface area (Å²) in [5, 5.41) is 20.8. The number of aryl methyl sites for hydroxylation is 1. The Labute approximate surface area is 212 Å². The SMILES string of the molecule is Cc1cccc(-c2ccnc(Cn3c(=O)ccn(C4OC(COP(O)OP(O)O)C(O)C4O)c3=O)c2)c1. The average Bonchev–Trinajstić information content (AvgIpc) is 3.13. The normalized spacial score (nSPS) is 22.5. The molecule has 3 aromatic rings. The Morgan fingerprint density at radius 1 is 1.05 bits per heavy atom. The van der Waals surface area contributed by atoms with Crippen LogP contribution in [0.5, 0.6) is 0 Å². The van der Waals surface area contributed by atoms with Crippen LogP contribution in [0.3, 0.4) is 0 Å². The lowest BCUT2D eigenvalue weighted by Gasteiger charge is -2.19. The summed E-state index contributed by atoms with van der Waals surface area (Å²) >= 11 is 0. The first kappa shape index (κ1) is 27.6. The summed E-state index contributed by atoms with van der Waals surface area (Å²) in [6.45, 7) is 1.35. The molecule has 0 amide bonds. The van der Waals surface area contributed by atoms with Crippen LogP contribution >= 0.6 is 17.2 Å². The molecule has 0 saturated carbocycles. The van der Waals surface area contributed by atoms with Crippen molar-refractivity contribution >= 4 is 17.2 Å². The minimum Gasteiger partial charge on any atom is -0.387 e. The molecule has 13 nitrogen and oxygen atoms in total. The number of hydrogen-bond acceptors (Lipinski definition) is 11. The van der Waals surface area contributed by atoms with E-state index in [-0.39, 0.29) is 6.54 Å². The van der Waals surface area contributed by atoms with E-state index in [9.17, 15) is 24.7 Å². The Kier molecular flexibility index (Phi) is 8.94. The second-order valence-corrected chi connectivity index (χ2v) is 10.1. The van der Waals surface area contributed by atoms with Gasteiger partial charge in [-0.15, -0.1) is 0 Å². The highest BCUT2D eigenvalue weighted by Gasteiger charge is 2.44. The first-order chi connectivity index (χ1) is 17.6. The zero-order valence-corrected chi connectivity index (χ0v) is 21.2. The third kappa shape index (κ3) is 6.54. The summed E-state index contributed by atoms with van der Waals surface area (Å²) in [5.74, 6) is 0. The lowest BCUT2D eigenvalue weighted by Crippen LogP contribution is -2.43. The van der Waals surface area contributed by atoms with E-state index in [2.05, 4.69) is 9.29 Å². The van der Waals surface area contributed by atoms with Gasteiger partial charge in [-0.25, -0.2) is 9.11 Å². The minimum atomic E-state index is -2.86. The van der Waals surface area contributed by atoms with Crippen LogP contribution < -0.4 is 11.2 Å². The number of aromatic nitrogens is 3. The van der Waals surface area contributed by atoms with Gasteiger partial charge in [-0.3, -0.25) is 18.9 Å². The molecule has 1 aliphatic rings. The molecule has 15 heteroatoms. The van der Waals surface area contributed by atoms with Crippen molar-refractivity contribution in [3.8, 4) is 11.1 Å². The van der Waals surface area contributed by atoms with Gasteiger partial charge in [-0.05, 0) is 30.2 Å². The van der Waals surface area contributed by atoms with Gasteiger partial charge in [0.2, 0.25) is 0 Å². The number of aliphatic hydroxyl groups is 2. The van der Waals surface area contributed by atoms with E-state index in [4.69, 9.17) is 19.0 Å².